The first kappa shape index (κ1) is 9.64. The lowest BCUT2D eigenvalue weighted by Crippen LogP contribution is -2.09. The number of esters is 1. The van der Waals surface area contributed by atoms with E-state index in [1.54, 1.807) is 0 Å². The van der Waals surface area contributed by atoms with Gasteiger partial charge in [-0.25, -0.2) is 4.79 Å². The summed E-state index contributed by atoms with van der Waals surface area (Å²) in [6.07, 6.45) is 3.12. The Morgan fingerprint density at radius 1 is 1.31 bits per heavy atom. The molecule has 1 atom stereocenters. The molecule has 82 valence electrons. The third kappa shape index (κ3) is 1.29. The van der Waals surface area contributed by atoms with Crippen molar-refractivity contribution in [1.29, 1.82) is 0 Å². The average molecular weight is 214 g/mol. The summed E-state index contributed by atoms with van der Waals surface area (Å²) in [6, 6.07) is 8.35. The Hall–Kier alpha value is -1.57. The monoisotopic (exact) mass is 214 g/mol. The highest BCUT2D eigenvalue weighted by Crippen LogP contribution is 2.38. The maximum Gasteiger partial charge on any atom is 0.334 e. The molecule has 0 fully saturated rings. The van der Waals surface area contributed by atoms with E-state index in [0.717, 1.165) is 30.4 Å². The fraction of sp³-hybridized carbons (Fsp3) is 0.357. The average Bonchev–Trinajstić information content (AvgIpc) is 2.49. The topological polar surface area (TPSA) is 26.3 Å². The molecule has 2 nitrogen and oxygen atoms in total. The van der Waals surface area contributed by atoms with E-state index in [1.165, 1.54) is 11.1 Å². The van der Waals surface area contributed by atoms with Crippen LogP contribution in [0.2, 0.25) is 0 Å². The van der Waals surface area contributed by atoms with Crippen molar-refractivity contribution in [2.45, 2.75) is 32.3 Å². The highest BCUT2D eigenvalue weighted by atomic mass is 16.5. The molecular weight excluding hydrogens is 200 g/mol. The molecule has 0 spiro atoms. The van der Waals surface area contributed by atoms with Crippen LogP contribution < -0.4 is 0 Å². The lowest BCUT2D eigenvalue weighted by molar-refractivity contribution is -0.139. The Bertz CT molecular complexity index is 485. The molecule has 1 unspecified atom stereocenters. The second-order valence-corrected chi connectivity index (χ2v) is 4.48. The van der Waals surface area contributed by atoms with Crippen LogP contribution in [-0.2, 0) is 16.0 Å². The van der Waals surface area contributed by atoms with Gasteiger partial charge in [0.2, 0.25) is 0 Å². The number of hydrogen-bond acceptors (Lipinski definition) is 2. The quantitative estimate of drug-likeness (QED) is 0.621. The summed E-state index contributed by atoms with van der Waals surface area (Å²) in [7, 11) is 0. The summed E-state index contributed by atoms with van der Waals surface area (Å²) in [4.78, 5) is 11.6. The van der Waals surface area contributed by atoms with E-state index < -0.39 is 0 Å². The van der Waals surface area contributed by atoms with Gasteiger partial charge in [0.05, 0.1) is 0 Å². The number of hydrogen-bond donors (Lipinski definition) is 0. The van der Waals surface area contributed by atoms with Crippen LogP contribution in [-0.4, -0.2) is 12.1 Å². The van der Waals surface area contributed by atoms with E-state index in [4.69, 9.17) is 4.74 Å². The molecule has 1 heterocycles. The molecule has 0 radical (unpaired) electrons. The van der Waals surface area contributed by atoms with Gasteiger partial charge in [0.25, 0.3) is 0 Å². The fourth-order valence-corrected chi connectivity index (χ4v) is 2.69. The van der Waals surface area contributed by atoms with Crippen LogP contribution in [0.3, 0.4) is 0 Å². The molecule has 0 N–H and O–H groups in total. The van der Waals surface area contributed by atoms with Gasteiger partial charge < -0.3 is 4.74 Å². The normalized spacial score (nSPS) is 23.6. The first-order valence-corrected chi connectivity index (χ1v) is 5.77. The molecule has 0 aromatic heterocycles. The van der Waals surface area contributed by atoms with E-state index in [9.17, 15) is 4.79 Å². The van der Waals surface area contributed by atoms with Crippen LogP contribution in [0.25, 0.3) is 5.57 Å². The molecule has 1 aliphatic heterocycles. The third-order valence-electron chi connectivity index (χ3n) is 3.50. The lowest BCUT2D eigenvalue weighted by Gasteiger charge is -2.11. The molecule has 3 rings (SSSR count). The molecule has 2 aliphatic rings. The first-order chi connectivity index (χ1) is 7.77. The van der Waals surface area contributed by atoms with Gasteiger partial charge >= 0.3 is 5.97 Å². The minimum Gasteiger partial charge on any atom is -0.454 e. The number of fused-ring (bicyclic) bond motifs is 3. The zero-order valence-corrected chi connectivity index (χ0v) is 9.32. The van der Waals surface area contributed by atoms with Crippen LogP contribution in [0.5, 0.6) is 0 Å². The second-order valence-electron chi connectivity index (χ2n) is 4.48. The summed E-state index contributed by atoms with van der Waals surface area (Å²) in [5.41, 5.74) is 4.48. The standard InChI is InChI=1S/C14H14O2/c1-9-13-11-7-3-2-5-10(11)6-4-8-12(13)16-14(9)15/h2-3,5,7,12H,4,6,8H2,1H3. The lowest BCUT2D eigenvalue weighted by atomic mass is 9.95. The van der Waals surface area contributed by atoms with Crippen LogP contribution in [0, 0.1) is 0 Å². The van der Waals surface area contributed by atoms with Crippen LogP contribution >= 0.6 is 0 Å². The van der Waals surface area contributed by atoms with Crippen LogP contribution in [0.4, 0.5) is 0 Å². The predicted octanol–water partition coefficient (Wildman–Crippen LogP) is 2.72. The van der Waals surface area contributed by atoms with Gasteiger partial charge in [-0.2, -0.15) is 0 Å². The van der Waals surface area contributed by atoms with E-state index in [0.29, 0.717) is 0 Å². The van der Waals surface area contributed by atoms with Gasteiger partial charge in [0.15, 0.2) is 0 Å². The smallest absolute Gasteiger partial charge is 0.334 e. The molecule has 0 amide bonds. The van der Waals surface area contributed by atoms with E-state index in [-0.39, 0.29) is 12.1 Å². The molecule has 0 saturated heterocycles. The van der Waals surface area contributed by atoms with Crippen molar-refractivity contribution < 1.29 is 9.53 Å². The summed E-state index contributed by atoms with van der Waals surface area (Å²) >= 11 is 0. The number of aryl methyl sites for hydroxylation is 1. The fourth-order valence-electron chi connectivity index (χ4n) is 2.69. The van der Waals surface area contributed by atoms with Crippen molar-refractivity contribution in [3.63, 3.8) is 0 Å². The van der Waals surface area contributed by atoms with Crippen molar-refractivity contribution in [1.82, 2.24) is 0 Å². The van der Waals surface area contributed by atoms with Gasteiger partial charge in [-0.3, -0.25) is 0 Å². The number of carbonyl (C=O) groups is 1. The number of carbonyl (C=O) groups excluding carboxylic acids is 1. The Morgan fingerprint density at radius 2 is 2.12 bits per heavy atom. The van der Waals surface area contributed by atoms with Crippen molar-refractivity contribution in [3.8, 4) is 0 Å². The SMILES string of the molecule is CC1=C2c3ccccc3CCCC2OC1=O. The molecule has 1 aliphatic carbocycles. The van der Waals surface area contributed by atoms with Crippen LogP contribution in [0.1, 0.15) is 30.9 Å². The Kier molecular flexibility index (Phi) is 2.10. The zero-order valence-electron chi connectivity index (χ0n) is 9.32. The van der Waals surface area contributed by atoms with E-state index in [2.05, 4.69) is 18.2 Å². The second kappa shape index (κ2) is 3.48. The van der Waals surface area contributed by atoms with Gasteiger partial charge in [0.1, 0.15) is 6.10 Å². The molecule has 0 bridgehead atoms. The summed E-state index contributed by atoms with van der Waals surface area (Å²) in [6.45, 7) is 1.87. The Labute approximate surface area is 94.9 Å². The van der Waals surface area contributed by atoms with Gasteiger partial charge in [0, 0.05) is 11.1 Å². The highest BCUT2D eigenvalue weighted by molar-refractivity contribution is 6.02. The molecule has 1 aromatic carbocycles. The summed E-state index contributed by atoms with van der Waals surface area (Å²) in [5, 5.41) is 0. The number of ether oxygens (including phenoxy) is 1. The van der Waals surface area contributed by atoms with Crippen molar-refractivity contribution in [3.05, 3.63) is 41.0 Å². The predicted molar refractivity (Wildman–Crippen MR) is 61.9 cm³/mol. The minimum atomic E-state index is -0.142. The van der Waals surface area contributed by atoms with Crippen molar-refractivity contribution >= 4 is 11.5 Å². The Balaban J connectivity index is 2.22. The number of rotatable bonds is 0. The summed E-state index contributed by atoms with van der Waals surface area (Å²) < 4.78 is 5.40. The largest absolute Gasteiger partial charge is 0.454 e. The molecule has 16 heavy (non-hydrogen) atoms. The molecule has 2 heteroatoms. The minimum absolute atomic E-state index is 0.00356. The maximum atomic E-state index is 11.6. The third-order valence-corrected chi connectivity index (χ3v) is 3.50. The number of benzene rings is 1. The molecule has 0 saturated carbocycles. The molecule has 1 aromatic rings. The van der Waals surface area contributed by atoms with Crippen LogP contribution in [0.15, 0.2) is 29.8 Å². The first-order valence-electron chi connectivity index (χ1n) is 5.77. The van der Waals surface area contributed by atoms with Crippen molar-refractivity contribution in [2.75, 3.05) is 0 Å². The molecular formula is C14H14O2. The summed E-state index contributed by atoms with van der Waals surface area (Å²) in [5.74, 6) is -0.142. The van der Waals surface area contributed by atoms with Gasteiger partial charge in [-0.1, -0.05) is 24.3 Å². The van der Waals surface area contributed by atoms with Crippen molar-refractivity contribution in [2.24, 2.45) is 0 Å². The van der Waals surface area contributed by atoms with E-state index in [1.807, 2.05) is 13.0 Å². The highest BCUT2D eigenvalue weighted by Gasteiger charge is 2.34. The van der Waals surface area contributed by atoms with Gasteiger partial charge in [-0.05, 0) is 37.3 Å². The zero-order chi connectivity index (χ0) is 11.1. The maximum absolute atomic E-state index is 11.6. The van der Waals surface area contributed by atoms with E-state index >= 15 is 0 Å². The Morgan fingerprint density at radius 3 is 3.00 bits per heavy atom. The van der Waals surface area contributed by atoms with Gasteiger partial charge in [-0.15, -0.1) is 0 Å².